The van der Waals surface area contributed by atoms with E-state index in [1.807, 2.05) is 37.3 Å². The van der Waals surface area contributed by atoms with Gasteiger partial charge in [0.25, 0.3) is 0 Å². The van der Waals surface area contributed by atoms with Crippen molar-refractivity contribution < 1.29 is 9.90 Å². The summed E-state index contributed by atoms with van der Waals surface area (Å²) in [6, 6.07) is 11.1. The molecule has 0 radical (unpaired) electrons. The molecule has 6 heteroatoms. The molecule has 1 unspecified atom stereocenters. The first-order chi connectivity index (χ1) is 11.6. The first-order valence-corrected chi connectivity index (χ1v) is 7.96. The minimum absolute atomic E-state index is 0.0229. The lowest BCUT2D eigenvalue weighted by molar-refractivity contribution is 0.101. The van der Waals surface area contributed by atoms with Gasteiger partial charge >= 0.3 is 0 Å². The summed E-state index contributed by atoms with van der Waals surface area (Å²) >= 11 is 0. The Morgan fingerprint density at radius 3 is 2.88 bits per heavy atom. The van der Waals surface area contributed by atoms with Crippen molar-refractivity contribution >= 4 is 17.2 Å². The average molecular weight is 324 g/mol. The second-order valence-corrected chi connectivity index (χ2v) is 5.70. The topological polar surface area (TPSA) is 79.5 Å². The lowest BCUT2D eigenvalue weighted by Gasteiger charge is -2.14. The number of Topliss-reactive ketones (excluding diaryl/α,β-unsaturated/α-hetero) is 1. The molecule has 2 N–H and O–H groups in total. The van der Waals surface area contributed by atoms with Crippen molar-refractivity contribution in [2.24, 2.45) is 0 Å². The van der Waals surface area contributed by atoms with E-state index in [-0.39, 0.29) is 18.4 Å². The third kappa shape index (κ3) is 3.14. The molecular weight excluding hydrogens is 304 g/mol. The van der Waals surface area contributed by atoms with E-state index in [2.05, 4.69) is 15.4 Å². The zero-order valence-corrected chi connectivity index (χ0v) is 13.7. The highest BCUT2D eigenvalue weighted by Crippen LogP contribution is 2.22. The van der Waals surface area contributed by atoms with Crippen molar-refractivity contribution in [1.82, 2.24) is 14.6 Å². The highest BCUT2D eigenvalue weighted by Gasteiger charge is 2.11. The Bertz CT molecular complexity index is 868. The number of hydrogen-bond donors (Lipinski definition) is 2. The fraction of sp³-hybridized carbons (Fsp3) is 0.278. The number of nitrogens with zero attached hydrogens (tertiary/aromatic N) is 3. The molecule has 0 amide bonds. The fourth-order valence-corrected chi connectivity index (χ4v) is 2.53. The normalized spacial score (nSPS) is 12.3. The molecule has 0 saturated heterocycles. The molecule has 1 aromatic carbocycles. The number of anilines is 1. The first-order valence-electron chi connectivity index (χ1n) is 7.96. The van der Waals surface area contributed by atoms with Crippen molar-refractivity contribution in [2.75, 3.05) is 11.9 Å². The van der Waals surface area contributed by atoms with Gasteiger partial charge in [0.2, 0.25) is 0 Å². The number of benzene rings is 1. The highest BCUT2D eigenvalue weighted by molar-refractivity contribution is 5.95. The summed E-state index contributed by atoms with van der Waals surface area (Å²) in [6.07, 6.45) is 2.54. The largest absolute Gasteiger partial charge is 0.394 e. The Hall–Kier alpha value is -2.73. The van der Waals surface area contributed by atoms with E-state index in [1.54, 1.807) is 23.7 Å². The number of ketones is 1. The van der Waals surface area contributed by atoms with Crippen LogP contribution in [0.2, 0.25) is 0 Å². The Balaban J connectivity index is 2.02. The fourth-order valence-electron chi connectivity index (χ4n) is 2.53. The van der Waals surface area contributed by atoms with Gasteiger partial charge in [-0.1, -0.05) is 25.1 Å². The second kappa shape index (κ2) is 6.80. The van der Waals surface area contributed by atoms with Crippen LogP contribution in [-0.2, 0) is 0 Å². The third-order valence-corrected chi connectivity index (χ3v) is 3.99. The molecule has 2 heterocycles. The molecular formula is C18H20N4O2. The zero-order chi connectivity index (χ0) is 17.1. The SMILES string of the molecule is CCC(CO)Nc1ccc2ncc(-c3cccc(C(C)=O)c3)n2n1. The molecule has 6 nitrogen and oxygen atoms in total. The first kappa shape index (κ1) is 16.1. The summed E-state index contributed by atoms with van der Waals surface area (Å²) in [5.74, 6) is 0.695. The maximum Gasteiger partial charge on any atom is 0.159 e. The number of aliphatic hydroxyl groups is 1. The van der Waals surface area contributed by atoms with Gasteiger partial charge in [-0.05, 0) is 31.5 Å². The quantitative estimate of drug-likeness (QED) is 0.682. The summed E-state index contributed by atoms with van der Waals surface area (Å²) in [5, 5.41) is 17.1. The molecule has 2 aromatic heterocycles. The Kier molecular flexibility index (Phi) is 4.57. The minimum atomic E-state index is -0.0389. The molecule has 0 spiro atoms. The molecule has 0 saturated carbocycles. The van der Waals surface area contributed by atoms with Gasteiger partial charge in [0, 0.05) is 11.1 Å². The van der Waals surface area contributed by atoms with Crippen molar-refractivity contribution in [3.63, 3.8) is 0 Å². The number of rotatable bonds is 6. The van der Waals surface area contributed by atoms with Crippen molar-refractivity contribution in [2.45, 2.75) is 26.3 Å². The number of fused-ring (bicyclic) bond motifs is 1. The third-order valence-electron chi connectivity index (χ3n) is 3.99. The van der Waals surface area contributed by atoms with E-state index < -0.39 is 0 Å². The number of hydrogen-bond acceptors (Lipinski definition) is 5. The van der Waals surface area contributed by atoms with E-state index in [0.717, 1.165) is 23.3 Å². The maximum absolute atomic E-state index is 11.6. The van der Waals surface area contributed by atoms with E-state index in [4.69, 9.17) is 0 Å². The van der Waals surface area contributed by atoms with Crippen molar-refractivity contribution in [3.8, 4) is 11.3 Å². The van der Waals surface area contributed by atoms with Crippen LogP contribution < -0.4 is 5.32 Å². The molecule has 1 atom stereocenters. The molecule has 3 aromatic rings. The van der Waals surface area contributed by atoms with Gasteiger partial charge in [0.05, 0.1) is 24.5 Å². The van der Waals surface area contributed by atoms with E-state index in [9.17, 15) is 9.90 Å². The number of imidazole rings is 1. The highest BCUT2D eigenvalue weighted by atomic mass is 16.3. The van der Waals surface area contributed by atoms with Gasteiger partial charge in [-0.3, -0.25) is 4.79 Å². The standard InChI is InChI=1S/C18H20N4O2/c1-3-15(11-23)20-17-7-8-18-19-10-16(22(18)21-17)14-6-4-5-13(9-14)12(2)24/h4-10,15,23H,3,11H2,1-2H3,(H,20,21). The van der Waals surface area contributed by atoms with Crippen LogP contribution in [0.1, 0.15) is 30.6 Å². The molecule has 3 rings (SSSR count). The summed E-state index contributed by atoms with van der Waals surface area (Å²) in [6.45, 7) is 3.60. The van der Waals surface area contributed by atoms with Crippen LogP contribution in [0.5, 0.6) is 0 Å². The molecule has 24 heavy (non-hydrogen) atoms. The van der Waals surface area contributed by atoms with E-state index >= 15 is 0 Å². The van der Waals surface area contributed by atoms with Gasteiger partial charge in [0.1, 0.15) is 5.82 Å². The van der Waals surface area contributed by atoms with Crippen LogP contribution in [0.25, 0.3) is 16.9 Å². The lowest BCUT2D eigenvalue weighted by atomic mass is 10.1. The van der Waals surface area contributed by atoms with E-state index in [1.165, 1.54) is 0 Å². The van der Waals surface area contributed by atoms with Gasteiger partial charge < -0.3 is 10.4 Å². The predicted molar refractivity (Wildman–Crippen MR) is 93.2 cm³/mol. The van der Waals surface area contributed by atoms with Crippen LogP contribution in [0.4, 0.5) is 5.82 Å². The number of aliphatic hydroxyl groups excluding tert-OH is 1. The van der Waals surface area contributed by atoms with Gasteiger partial charge in [-0.25, -0.2) is 9.50 Å². The number of carbonyl (C=O) groups excluding carboxylic acids is 1. The molecule has 0 aliphatic carbocycles. The molecule has 0 bridgehead atoms. The molecule has 0 aliphatic heterocycles. The molecule has 124 valence electrons. The lowest BCUT2D eigenvalue weighted by Crippen LogP contribution is -2.23. The van der Waals surface area contributed by atoms with Crippen LogP contribution >= 0.6 is 0 Å². The van der Waals surface area contributed by atoms with Crippen LogP contribution in [0, 0.1) is 0 Å². The van der Waals surface area contributed by atoms with Crippen molar-refractivity contribution in [1.29, 1.82) is 0 Å². The average Bonchev–Trinajstić information content (AvgIpc) is 3.03. The Labute approximate surface area is 140 Å². The monoisotopic (exact) mass is 324 g/mol. The molecule has 0 aliphatic rings. The smallest absolute Gasteiger partial charge is 0.159 e. The van der Waals surface area contributed by atoms with E-state index in [0.29, 0.717) is 11.4 Å². The minimum Gasteiger partial charge on any atom is -0.394 e. The van der Waals surface area contributed by atoms with Gasteiger partial charge in [0.15, 0.2) is 11.4 Å². The van der Waals surface area contributed by atoms with Crippen LogP contribution in [0.15, 0.2) is 42.6 Å². The van der Waals surface area contributed by atoms with Crippen molar-refractivity contribution in [3.05, 3.63) is 48.2 Å². The number of carbonyl (C=O) groups is 1. The second-order valence-electron chi connectivity index (χ2n) is 5.70. The van der Waals surface area contributed by atoms with Gasteiger partial charge in [-0.2, -0.15) is 0 Å². The maximum atomic E-state index is 11.6. The number of nitrogens with one attached hydrogen (secondary N) is 1. The zero-order valence-electron chi connectivity index (χ0n) is 13.7. The Morgan fingerprint density at radius 1 is 1.33 bits per heavy atom. The summed E-state index contributed by atoms with van der Waals surface area (Å²) in [5.41, 5.74) is 3.08. The Morgan fingerprint density at radius 2 is 2.17 bits per heavy atom. The summed E-state index contributed by atoms with van der Waals surface area (Å²) < 4.78 is 1.74. The van der Waals surface area contributed by atoms with Crippen LogP contribution in [-0.4, -0.2) is 38.1 Å². The summed E-state index contributed by atoms with van der Waals surface area (Å²) in [7, 11) is 0. The van der Waals surface area contributed by atoms with Gasteiger partial charge in [-0.15, -0.1) is 5.10 Å². The summed E-state index contributed by atoms with van der Waals surface area (Å²) in [4.78, 5) is 16.0. The predicted octanol–water partition coefficient (Wildman–Crippen LogP) is 2.78. The number of aromatic nitrogens is 3. The molecule has 0 fully saturated rings. The van der Waals surface area contributed by atoms with Crippen LogP contribution in [0.3, 0.4) is 0 Å².